The van der Waals surface area contributed by atoms with E-state index in [2.05, 4.69) is 14.5 Å². The Bertz CT molecular complexity index is 686. The quantitative estimate of drug-likeness (QED) is 0.855. The molecule has 0 saturated heterocycles. The lowest BCUT2D eigenvalue weighted by Gasteiger charge is -2.04. The summed E-state index contributed by atoms with van der Waals surface area (Å²) in [6, 6.07) is 10.9. The molecule has 6 heteroatoms. The van der Waals surface area contributed by atoms with Crippen molar-refractivity contribution in [2.45, 2.75) is 6.29 Å². The third kappa shape index (κ3) is 2.40. The molecule has 1 heterocycles. The minimum Gasteiger partial charge on any atom is -0.507 e. The van der Waals surface area contributed by atoms with E-state index in [1.807, 2.05) is 0 Å². The molecular weight excluding hydrogens is 268 g/mol. The summed E-state index contributed by atoms with van der Waals surface area (Å²) in [5.41, 5.74) is 0.934. The molecule has 0 saturated carbocycles. The van der Waals surface area contributed by atoms with Crippen LogP contribution in [0.15, 0.2) is 47.5 Å². The fourth-order valence-electron chi connectivity index (χ4n) is 1.76. The molecule has 0 bridgehead atoms. The van der Waals surface area contributed by atoms with Crippen LogP contribution in [0.1, 0.15) is 5.56 Å². The number of halogens is 2. The van der Waals surface area contributed by atoms with Crippen molar-refractivity contribution in [1.29, 1.82) is 0 Å². The Kier molecular flexibility index (Phi) is 2.78. The molecule has 0 aromatic heterocycles. The number of nitrogens with zero attached hydrogens (tertiary/aromatic N) is 1. The van der Waals surface area contributed by atoms with Gasteiger partial charge in [-0.2, -0.15) is 0 Å². The van der Waals surface area contributed by atoms with Crippen molar-refractivity contribution in [3.8, 4) is 17.2 Å². The Morgan fingerprint density at radius 1 is 1.05 bits per heavy atom. The molecule has 0 amide bonds. The number of phenols is 1. The zero-order valence-corrected chi connectivity index (χ0v) is 10.1. The monoisotopic (exact) mass is 277 g/mol. The maximum absolute atomic E-state index is 12.9. The maximum atomic E-state index is 12.9. The highest BCUT2D eigenvalue weighted by molar-refractivity contribution is 5.85. The van der Waals surface area contributed by atoms with Crippen LogP contribution < -0.4 is 9.47 Å². The predicted molar refractivity (Wildman–Crippen MR) is 68.0 cm³/mol. The average molecular weight is 277 g/mol. The highest BCUT2D eigenvalue weighted by Gasteiger charge is 2.43. The molecule has 4 nitrogen and oxygen atoms in total. The van der Waals surface area contributed by atoms with Crippen molar-refractivity contribution >= 4 is 11.9 Å². The van der Waals surface area contributed by atoms with Crippen molar-refractivity contribution in [3.63, 3.8) is 0 Å². The van der Waals surface area contributed by atoms with Gasteiger partial charge < -0.3 is 14.6 Å². The van der Waals surface area contributed by atoms with Crippen molar-refractivity contribution in [2.24, 2.45) is 4.99 Å². The second kappa shape index (κ2) is 4.48. The van der Waals surface area contributed by atoms with E-state index in [1.165, 1.54) is 30.5 Å². The fourth-order valence-corrected chi connectivity index (χ4v) is 1.76. The number of hydrogen-bond donors (Lipinski definition) is 1. The number of fused-ring (bicyclic) bond motifs is 1. The highest BCUT2D eigenvalue weighted by atomic mass is 19.3. The van der Waals surface area contributed by atoms with Crippen LogP contribution in [-0.2, 0) is 0 Å². The summed E-state index contributed by atoms with van der Waals surface area (Å²) >= 11 is 0. The smallest absolute Gasteiger partial charge is 0.507 e. The van der Waals surface area contributed by atoms with Gasteiger partial charge >= 0.3 is 6.29 Å². The maximum Gasteiger partial charge on any atom is 0.586 e. The highest BCUT2D eigenvalue weighted by Crippen LogP contribution is 2.42. The third-order valence-electron chi connectivity index (χ3n) is 2.67. The molecule has 20 heavy (non-hydrogen) atoms. The first-order chi connectivity index (χ1) is 9.53. The van der Waals surface area contributed by atoms with E-state index in [0.29, 0.717) is 11.3 Å². The SMILES string of the molecule is Oc1ccccc1C=Nc1ccc2c(c1)OC(F)(F)O2. The summed E-state index contributed by atoms with van der Waals surface area (Å²) in [4.78, 5) is 4.10. The molecule has 1 N–H and O–H groups in total. The average Bonchev–Trinajstić information content (AvgIpc) is 2.71. The van der Waals surface area contributed by atoms with Gasteiger partial charge in [0.2, 0.25) is 0 Å². The van der Waals surface area contributed by atoms with E-state index in [-0.39, 0.29) is 17.2 Å². The Labute approximate surface area is 112 Å². The Morgan fingerprint density at radius 2 is 1.80 bits per heavy atom. The minimum absolute atomic E-state index is 0.0310. The fraction of sp³-hybridized carbons (Fsp3) is 0.0714. The molecule has 0 radical (unpaired) electrons. The van der Waals surface area contributed by atoms with Crippen molar-refractivity contribution in [1.82, 2.24) is 0 Å². The Balaban J connectivity index is 1.85. The number of aromatic hydroxyl groups is 1. The van der Waals surface area contributed by atoms with E-state index in [1.54, 1.807) is 18.2 Å². The topological polar surface area (TPSA) is 51.1 Å². The second-order valence-electron chi connectivity index (χ2n) is 4.12. The van der Waals surface area contributed by atoms with E-state index in [4.69, 9.17) is 0 Å². The van der Waals surface area contributed by atoms with Gasteiger partial charge in [-0.15, -0.1) is 8.78 Å². The first-order valence-electron chi connectivity index (χ1n) is 5.75. The molecule has 0 spiro atoms. The summed E-state index contributed by atoms with van der Waals surface area (Å²) in [5, 5.41) is 9.58. The first-order valence-corrected chi connectivity index (χ1v) is 5.75. The molecule has 1 aliphatic rings. The molecular formula is C14H9F2NO3. The number of benzene rings is 2. The van der Waals surface area contributed by atoms with Crippen LogP contribution in [0.2, 0.25) is 0 Å². The van der Waals surface area contributed by atoms with Gasteiger partial charge in [0.1, 0.15) is 5.75 Å². The molecule has 2 aromatic rings. The number of rotatable bonds is 2. The van der Waals surface area contributed by atoms with E-state index in [0.717, 1.165) is 0 Å². The Hall–Kier alpha value is -2.63. The van der Waals surface area contributed by atoms with Crippen molar-refractivity contribution < 1.29 is 23.4 Å². The normalized spacial score (nSPS) is 15.7. The molecule has 102 valence electrons. The number of hydrogen-bond acceptors (Lipinski definition) is 4. The van der Waals surface area contributed by atoms with Gasteiger partial charge in [-0.25, -0.2) is 0 Å². The first kappa shape index (κ1) is 12.4. The lowest BCUT2D eigenvalue weighted by molar-refractivity contribution is -0.286. The van der Waals surface area contributed by atoms with Gasteiger partial charge in [-0.3, -0.25) is 4.99 Å². The van der Waals surface area contributed by atoms with Crippen LogP contribution in [0.5, 0.6) is 17.2 Å². The summed E-state index contributed by atoms with van der Waals surface area (Å²) in [5.74, 6) is -0.0121. The summed E-state index contributed by atoms with van der Waals surface area (Å²) in [6.45, 7) is 0. The number of para-hydroxylation sites is 1. The lowest BCUT2D eigenvalue weighted by atomic mass is 10.2. The largest absolute Gasteiger partial charge is 0.586 e. The summed E-state index contributed by atoms with van der Waals surface area (Å²) < 4.78 is 34.3. The summed E-state index contributed by atoms with van der Waals surface area (Å²) in [7, 11) is 0. The van der Waals surface area contributed by atoms with Gasteiger partial charge in [-0.05, 0) is 24.3 Å². The van der Waals surface area contributed by atoms with Gasteiger partial charge in [0.25, 0.3) is 0 Å². The van der Waals surface area contributed by atoms with Crippen LogP contribution >= 0.6 is 0 Å². The third-order valence-corrected chi connectivity index (χ3v) is 2.67. The summed E-state index contributed by atoms with van der Waals surface area (Å²) in [6.07, 6.45) is -2.20. The molecule has 3 rings (SSSR count). The van der Waals surface area contributed by atoms with E-state index in [9.17, 15) is 13.9 Å². The number of ether oxygens (including phenoxy) is 2. The van der Waals surface area contributed by atoms with Gasteiger partial charge in [0.15, 0.2) is 11.5 Å². The standard InChI is InChI=1S/C14H9F2NO3/c15-14(16)19-12-6-5-10(7-13(12)20-14)17-8-9-3-1-2-4-11(9)18/h1-8,18H. The number of phenolic OH excluding ortho intramolecular Hbond substituents is 1. The van der Waals surface area contributed by atoms with E-state index < -0.39 is 6.29 Å². The molecule has 1 aliphatic heterocycles. The lowest BCUT2D eigenvalue weighted by Crippen LogP contribution is -2.25. The van der Waals surface area contributed by atoms with Crippen LogP contribution in [0, 0.1) is 0 Å². The van der Waals surface area contributed by atoms with Gasteiger partial charge in [0, 0.05) is 17.8 Å². The zero-order chi connectivity index (χ0) is 14.2. The van der Waals surface area contributed by atoms with Gasteiger partial charge in [0.05, 0.1) is 5.69 Å². The van der Waals surface area contributed by atoms with Crippen LogP contribution in [0.4, 0.5) is 14.5 Å². The molecule has 0 aliphatic carbocycles. The molecule has 0 fully saturated rings. The number of alkyl halides is 2. The minimum atomic E-state index is -3.64. The van der Waals surface area contributed by atoms with Crippen LogP contribution in [-0.4, -0.2) is 17.6 Å². The van der Waals surface area contributed by atoms with Crippen LogP contribution in [0.25, 0.3) is 0 Å². The molecule has 0 unspecified atom stereocenters. The second-order valence-corrected chi connectivity index (χ2v) is 4.12. The van der Waals surface area contributed by atoms with Gasteiger partial charge in [-0.1, -0.05) is 12.1 Å². The number of aliphatic imine (C=N–C) groups is 1. The van der Waals surface area contributed by atoms with Crippen molar-refractivity contribution in [3.05, 3.63) is 48.0 Å². The van der Waals surface area contributed by atoms with E-state index >= 15 is 0 Å². The Morgan fingerprint density at radius 3 is 2.60 bits per heavy atom. The zero-order valence-electron chi connectivity index (χ0n) is 10.1. The molecule has 0 atom stereocenters. The van der Waals surface area contributed by atoms with Crippen molar-refractivity contribution in [2.75, 3.05) is 0 Å². The molecule has 2 aromatic carbocycles. The predicted octanol–water partition coefficient (Wildman–Crippen LogP) is 3.46. The van der Waals surface area contributed by atoms with Crippen LogP contribution in [0.3, 0.4) is 0 Å².